The summed E-state index contributed by atoms with van der Waals surface area (Å²) in [4.78, 5) is 17.8. The third-order valence-electron chi connectivity index (χ3n) is 7.17. The number of aromatic nitrogens is 1. The molecule has 1 unspecified atom stereocenters. The first-order valence-corrected chi connectivity index (χ1v) is 13.6. The van der Waals surface area contributed by atoms with Crippen molar-refractivity contribution in [3.8, 4) is 0 Å². The lowest BCUT2D eigenvalue weighted by molar-refractivity contribution is -0.137. The van der Waals surface area contributed by atoms with E-state index in [4.69, 9.17) is 0 Å². The number of carbonyl (C=O) groups is 1. The molecule has 180 valence electrons. The van der Waals surface area contributed by atoms with Crippen LogP contribution in [0, 0.1) is 5.92 Å². The molecule has 1 atom stereocenters. The van der Waals surface area contributed by atoms with Crippen molar-refractivity contribution in [3.63, 3.8) is 0 Å². The minimum Gasteiger partial charge on any atom is -0.368 e. The fourth-order valence-electron chi connectivity index (χ4n) is 5.21. The van der Waals surface area contributed by atoms with Crippen LogP contribution in [0.1, 0.15) is 19.8 Å². The summed E-state index contributed by atoms with van der Waals surface area (Å²) in [6.45, 7) is 6.55. The number of hydrogen-bond donors (Lipinski definition) is 0. The summed E-state index contributed by atoms with van der Waals surface area (Å²) in [5.41, 5.74) is 2.21. The van der Waals surface area contributed by atoms with Crippen LogP contribution in [0.4, 0.5) is 5.69 Å². The van der Waals surface area contributed by atoms with Gasteiger partial charge >= 0.3 is 0 Å². The number of anilines is 1. The second-order valence-electron chi connectivity index (χ2n) is 9.17. The maximum absolute atomic E-state index is 13.4. The number of carbonyl (C=O) groups excluding carboxylic acids is 1. The minimum absolute atomic E-state index is 0.0862. The van der Waals surface area contributed by atoms with Crippen LogP contribution in [0.5, 0.6) is 0 Å². The predicted octanol–water partition coefficient (Wildman–Crippen LogP) is 3.41. The lowest BCUT2D eigenvalue weighted by Crippen LogP contribution is -2.53. The van der Waals surface area contributed by atoms with Crippen molar-refractivity contribution < 1.29 is 13.2 Å². The van der Waals surface area contributed by atoms with Gasteiger partial charge in [-0.05, 0) is 56.2 Å². The van der Waals surface area contributed by atoms with Gasteiger partial charge in [-0.2, -0.15) is 4.31 Å². The van der Waals surface area contributed by atoms with Gasteiger partial charge in [0.1, 0.15) is 0 Å². The third-order valence-corrected chi connectivity index (χ3v) is 9.03. The number of hydrogen-bond acceptors (Lipinski definition) is 4. The summed E-state index contributed by atoms with van der Waals surface area (Å²) in [5.74, 6) is -0.195. The average molecular weight is 481 g/mol. The van der Waals surface area contributed by atoms with Crippen molar-refractivity contribution in [2.24, 2.45) is 5.92 Å². The molecular weight excluding hydrogens is 448 g/mol. The molecule has 2 aliphatic heterocycles. The average Bonchev–Trinajstić information content (AvgIpc) is 3.31. The van der Waals surface area contributed by atoms with Crippen LogP contribution in [0.25, 0.3) is 10.9 Å². The van der Waals surface area contributed by atoms with Crippen molar-refractivity contribution in [1.82, 2.24) is 13.8 Å². The molecule has 2 fully saturated rings. The van der Waals surface area contributed by atoms with E-state index in [1.54, 1.807) is 12.1 Å². The molecule has 2 aliphatic rings. The quantitative estimate of drug-likeness (QED) is 0.561. The molecule has 5 rings (SSSR count). The topological polar surface area (TPSA) is 65.9 Å². The fraction of sp³-hybridized carbons (Fsp3) is 0.423. The Morgan fingerprint density at radius 3 is 2.47 bits per heavy atom. The van der Waals surface area contributed by atoms with Gasteiger partial charge in [0.05, 0.1) is 10.8 Å². The summed E-state index contributed by atoms with van der Waals surface area (Å²) in [7, 11) is -3.65. The Balaban J connectivity index is 1.26. The first-order chi connectivity index (χ1) is 16.5. The summed E-state index contributed by atoms with van der Waals surface area (Å²) in [6.07, 6.45) is 3.42. The number of para-hydroxylation sites is 1. The lowest BCUT2D eigenvalue weighted by atomic mass is 9.97. The first-order valence-electron chi connectivity index (χ1n) is 12.1. The van der Waals surface area contributed by atoms with E-state index in [9.17, 15) is 13.2 Å². The molecule has 0 bridgehead atoms. The zero-order valence-electron chi connectivity index (χ0n) is 19.6. The van der Waals surface area contributed by atoms with Crippen LogP contribution in [-0.4, -0.2) is 67.4 Å². The van der Waals surface area contributed by atoms with Gasteiger partial charge in [-0.3, -0.25) is 4.79 Å². The second-order valence-corrected chi connectivity index (χ2v) is 11.1. The van der Waals surface area contributed by atoms with E-state index < -0.39 is 10.0 Å². The highest BCUT2D eigenvalue weighted by atomic mass is 32.2. The van der Waals surface area contributed by atoms with Crippen LogP contribution in [0.2, 0.25) is 0 Å². The molecule has 3 heterocycles. The Morgan fingerprint density at radius 2 is 1.74 bits per heavy atom. The number of rotatable bonds is 5. The molecule has 1 amide bonds. The van der Waals surface area contributed by atoms with Crippen LogP contribution in [0.3, 0.4) is 0 Å². The van der Waals surface area contributed by atoms with E-state index in [0.29, 0.717) is 31.0 Å². The number of piperazine rings is 1. The zero-order chi connectivity index (χ0) is 23.7. The Bertz CT molecular complexity index is 1260. The van der Waals surface area contributed by atoms with Crippen molar-refractivity contribution in [2.75, 3.05) is 44.2 Å². The predicted molar refractivity (Wildman–Crippen MR) is 134 cm³/mol. The van der Waals surface area contributed by atoms with Gasteiger partial charge in [0, 0.05) is 68.6 Å². The van der Waals surface area contributed by atoms with Crippen LogP contribution in [0.15, 0.2) is 65.7 Å². The highest BCUT2D eigenvalue weighted by molar-refractivity contribution is 7.89. The van der Waals surface area contributed by atoms with Gasteiger partial charge in [0.25, 0.3) is 0 Å². The van der Waals surface area contributed by atoms with Gasteiger partial charge in [0.15, 0.2) is 0 Å². The molecule has 0 radical (unpaired) electrons. The molecule has 3 aromatic rings. The fourth-order valence-corrected chi connectivity index (χ4v) is 6.77. The maximum atomic E-state index is 13.4. The Kier molecular flexibility index (Phi) is 6.36. The Morgan fingerprint density at radius 1 is 0.971 bits per heavy atom. The van der Waals surface area contributed by atoms with Gasteiger partial charge in [-0.1, -0.05) is 18.2 Å². The number of fused-ring (bicyclic) bond motifs is 1. The molecule has 0 saturated carbocycles. The number of sulfonamides is 1. The van der Waals surface area contributed by atoms with Crippen LogP contribution >= 0.6 is 0 Å². The molecular formula is C26H32N4O3S. The molecule has 0 aliphatic carbocycles. The number of piperidine rings is 1. The third kappa shape index (κ3) is 4.32. The molecule has 34 heavy (non-hydrogen) atoms. The summed E-state index contributed by atoms with van der Waals surface area (Å²) in [6, 6.07) is 17.5. The number of aryl methyl sites for hydroxylation is 1. The van der Waals surface area contributed by atoms with E-state index >= 15 is 0 Å². The molecule has 7 nitrogen and oxygen atoms in total. The number of benzene rings is 2. The second kappa shape index (κ2) is 9.43. The van der Waals surface area contributed by atoms with Crippen molar-refractivity contribution in [3.05, 3.63) is 60.8 Å². The van der Waals surface area contributed by atoms with Gasteiger partial charge < -0.3 is 14.4 Å². The molecule has 1 aromatic heterocycles. The number of amides is 1. The molecule has 2 saturated heterocycles. The number of nitrogens with zero attached hydrogens (tertiary/aromatic N) is 4. The van der Waals surface area contributed by atoms with E-state index in [-0.39, 0.29) is 18.4 Å². The van der Waals surface area contributed by atoms with Crippen molar-refractivity contribution in [2.45, 2.75) is 31.2 Å². The van der Waals surface area contributed by atoms with E-state index in [0.717, 1.165) is 37.0 Å². The Labute approximate surface area is 201 Å². The van der Waals surface area contributed by atoms with Gasteiger partial charge in [-0.25, -0.2) is 8.42 Å². The van der Waals surface area contributed by atoms with Crippen molar-refractivity contribution >= 4 is 32.5 Å². The summed E-state index contributed by atoms with van der Waals surface area (Å²) < 4.78 is 30.5. The largest absolute Gasteiger partial charge is 0.368 e. The monoisotopic (exact) mass is 480 g/mol. The highest BCUT2D eigenvalue weighted by Gasteiger charge is 2.36. The lowest BCUT2D eigenvalue weighted by Gasteiger charge is -2.39. The van der Waals surface area contributed by atoms with Crippen molar-refractivity contribution in [1.29, 1.82) is 0 Å². The SMILES string of the molecule is CCn1ccc2cc(S(=O)(=O)N3CCCC(C(=O)N4CCN(c5ccccc5)CC4)C3)ccc21. The Hall–Kier alpha value is -2.84. The standard InChI is InChI=1S/C26H32N4O3S/c1-2-27-14-12-21-19-24(10-11-25(21)27)34(32,33)30-13-6-7-22(20-30)26(31)29-17-15-28(16-18-29)23-8-4-3-5-9-23/h3-5,8-12,14,19,22H,2,6-7,13,15-18,20H2,1H3. The molecule has 0 N–H and O–H groups in total. The molecule has 2 aromatic carbocycles. The van der Waals surface area contributed by atoms with Crippen LogP contribution < -0.4 is 4.90 Å². The minimum atomic E-state index is -3.65. The normalized spacial score (nSPS) is 20.1. The maximum Gasteiger partial charge on any atom is 0.243 e. The molecule has 0 spiro atoms. The van der Waals surface area contributed by atoms with Gasteiger partial charge in [-0.15, -0.1) is 0 Å². The van der Waals surface area contributed by atoms with E-state index in [2.05, 4.69) is 28.5 Å². The summed E-state index contributed by atoms with van der Waals surface area (Å²) in [5, 5.41) is 0.920. The molecule has 8 heteroatoms. The zero-order valence-corrected chi connectivity index (χ0v) is 20.5. The smallest absolute Gasteiger partial charge is 0.243 e. The van der Waals surface area contributed by atoms with Gasteiger partial charge in [0.2, 0.25) is 15.9 Å². The van der Waals surface area contributed by atoms with Crippen LogP contribution in [-0.2, 0) is 21.4 Å². The van der Waals surface area contributed by atoms with E-state index in [1.807, 2.05) is 41.4 Å². The van der Waals surface area contributed by atoms with E-state index in [1.165, 1.54) is 9.99 Å². The highest BCUT2D eigenvalue weighted by Crippen LogP contribution is 2.28. The first kappa shape index (κ1) is 22.9. The summed E-state index contributed by atoms with van der Waals surface area (Å²) >= 11 is 0.